The summed E-state index contributed by atoms with van der Waals surface area (Å²) >= 11 is 0. The first-order valence-electron chi connectivity index (χ1n) is 10.2. The highest BCUT2D eigenvalue weighted by Gasteiger charge is 2.50. The van der Waals surface area contributed by atoms with Gasteiger partial charge in [0.25, 0.3) is 11.8 Å². The second-order valence-electron chi connectivity index (χ2n) is 7.86. The number of carbonyl (C=O) groups excluding carboxylic acids is 2. The van der Waals surface area contributed by atoms with Crippen molar-refractivity contribution in [2.24, 2.45) is 0 Å². The van der Waals surface area contributed by atoms with Gasteiger partial charge in [0.1, 0.15) is 16.9 Å². The predicted molar refractivity (Wildman–Crippen MR) is 121 cm³/mol. The Morgan fingerprint density at radius 3 is 1.94 bits per heavy atom. The van der Waals surface area contributed by atoms with Crippen molar-refractivity contribution in [1.82, 2.24) is 5.32 Å². The molecule has 2 amide bonds. The highest BCUT2D eigenvalue weighted by atomic mass is 16.3. The lowest BCUT2D eigenvalue weighted by atomic mass is 9.82. The summed E-state index contributed by atoms with van der Waals surface area (Å²) in [5.74, 6) is -1.39. The van der Waals surface area contributed by atoms with E-state index in [1.807, 2.05) is 92.7 Å². The molecule has 3 aromatic carbocycles. The molecule has 0 fully saturated rings. The van der Waals surface area contributed by atoms with Gasteiger partial charge in [0.15, 0.2) is 0 Å². The van der Waals surface area contributed by atoms with E-state index in [4.69, 9.17) is 0 Å². The average molecular weight is 412 g/mol. The molecule has 3 N–H and O–H groups in total. The monoisotopic (exact) mass is 412 g/mol. The van der Waals surface area contributed by atoms with Crippen molar-refractivity contribution in [2.75, 3.05) is 5.32 Å². The number of anilines is 1. The zero-order valence-electron chi connectivity index (χ0n) is 17.4. The average Bonchev–Trinajstić information content (AvgIpc) is 3.06. The molecule has 0 unspecified atom stereocenters. The maximum absolute atomic E-state index is 13.2. The molecule has 0 spiro atoms. The van der Waals surface area contributed by atoms with Gasteiger partial charge in [-0.25, -0.2) is 0 Å². The van der Waals surface area contributed by atoms with E-state index in [9.17, 15) is 14.7 Å². The molecule has 156 valence electrons. The molecule has 5 nitrogen and oxygen atoms in total. The first-order chi connectivity index (χ1) is 14.9. The number of carbonyl (C=O) groups is 2. The number of nitrogens with one attached hydrogen (secondary N) is 2. The molecule has 0 bridgehead atoms. The van der Waals surface area contributed by atoms with Gasteiger partial charge in [0, 0.05) is 5.69 Å². The van der Waals surface area contributed by atoms with Gasteiger partial charge in [0.05, 0.1) is 0 Å². The van der Waals surface area contributed by atoms with E-state index < -0.39 is 17.4 Å². The minimum atomic E-state index is -1.33. The Kier molecular flexibility index (Phi) is 5.34. The molecule has 1 aliphatic rings. The third-order valence-corrected chi connectivity index (χ3v) is 5.59. The summed E-state index contributed by atoms with van der Waals surface area (Å²) in [5.41, 5.74) is 1.28. The number of rotatable bonds is 5. The minimum absolute atomic E-state index is 0.184. The van der Waals surface area contributed by atoms with Gasteiger partial charge in [-0.05, 0) is 28.7 Å². The molecule has 0 aliphatic carbocycles. The van der Waals surface area contributed by atoms with Crippen LogP contribution in [0.15, 0.2) is 96.3 Å². The van der Waals surface area contributed by atoms with Crippen molar-refractivity contribution in [3.05, 3.63) is 113 Å². The van der Waals surface area contributed by atoms with Crippen LogP contribution in [0.3, 0.4) is 0 Å². The summed E-state index contributed by atoms with van der Waals surface area (Å²) in [7, 11) is 0. The fourth-order valence-electron chi connectivity index (χ4n) is 4.06. The molecule has 0 saturated heterocycles. The zero-order valence-corrected chi connectivity index (χ0v) is 17.4. The number of amides is 2. The molecule has 1 heterocycles. The Hall–Kier alpha value is -3.86. The van der Waals surface area contributed by atoms with Gasteiger partial charge in [-0.2, -0.15) is 0 Å². The number of para-hydroxylation sites is 1. The number of aliphatic hydroxyl groups excluding tert-OH is 1. The normalized spacial score (nSPS) is 15.1. The van der Waals surface area contributed by atoms with Crippen LogP contribution in [0.1, 0.15) is 36.5 Å². The lowest BCUT2D eigenvalue weighted by molar-refractivity contribution is -0.121. The Morgan fingerprint density at radius 1 is 0.871 bits per heavy atom. The Morgan fingerprint density at radius 2 is 1.39 bits per heavy atom. The Balaban J connectivity index is 1.82. The van der Waals surface area contributed by atoms with E-state index in [0.717, 1.165) is 5.56 Å². The second kappa shape index (κ2) is 8.11. The molecular formula is C26H24N2O3. The molecule has 0 radical (unpaired) electrons. The topological polar surface area (TPSA) is 78.4 Å². The molecule has 0 atom stereocenters. The molecule has 31 heavy (non-hydrogen) atoms. The summed E-state index contributed by atoms with van der Waals surface area (Å²) in [6.45, 7) is 4.06. The van der Waals surface area contributed by atoms with Crippen LogP contribution in [0, 0.1) is 0 Å². The fraction of sp³-hybridized carbons (Fsp3) is 0.154. The fourth-order valence-corrected chi connectivity index (χ4v) is 4.06. The molecular weight excluding hydrogens is 388 g/mol. The van der Waals surface area contributed by atoms with E-state index in [0.29, 0.717) is 16.8 Å². The highest BCUT2D eigenvalue weighted by Crippen LogP contribution is 2.41. The minimum Gasteiger partial charge on any atom is -0.508 e. The first kappa shape index (κ1) is 20.4. The number of aliphatic hydroxyl groups is 1. The van der Waals surface area contributed by atoms with Crippen LogP contribution in [0.2, 0.25) is 0 Å². The number of hydrogen-bond acceptors (Lipinski definition) is 3. The maximum Gasteiger partial charge on any atom is 0.264 e. The van der Waals surface area contributed by atoms with Gasteiger partial charge in [-0.3, -0.25) is 9.59 Å². The van der Waals surface area contributed by atoms with E-state index in [1.165, 1.54) is 0 Å². The van der Waals surface area contributed by atoms with Crippen LogP contribution in [-0.4, -0.2) is 16.9 Å². The summed E-state index contributed by atoms with van der Waals surface area (Å²) in [6, 6.07) is 25.8. The van der Waals surface area contributed by atoms with Crippen LogP contribution in [0.5, 0.6) is 0 Å². The van der Waals surface area contributed by atoms with Crippen molar-refractivity contribution in [1.29, 1.82) is 0 Å². The van der Waals surface area contributed by atoms with Crippen molar-refractivity contribution >= 4 is 17.5 Å². The number of hydrogen-bond donors (Lipinski definition) is 3. The molecule has 3 aromatic rings. The van der Waals surface area contributed by atoms with Crippen LogP contribution in [0.4, 0.5) is 5.69 Å². The molecule has 1 aliphatic heterocycles. The van der Waals surface area contributed by atoms with E-state index in [-0.39, 0.29) is 17.3 Å². The quantitative estimate of drug-likeness (QED) is 0.535. The summed E-state index contributed by atoms with van der Waals surface area (Å²) in [6.07, 6.45) is 0. The van der Waals surface area contributed by atoms with Gasteiger partial charge >= 0.3 is 0 Å². The van der Waals surface area contributed by atoms with E-state index in [1.54, 1.807) is 6.07 Å². The standard InChI is InChI=1S/C26H24N2O3/c1-17(2)20-15-9-10-16-21(20)27-24(30)22-23(29)26(28-25(22)31,18-11-5-3-6-12-18)19-13-7-4-8-14-19/h3-17,29H,1-2H3,(H,27,30)(H,28,31). The molecule has 4 rings (SSSR count). The zero-order chi connectivity index (χ0) is 22.0. The van der Waals surface area contributed by atoms with Crippen molar-refractivity contribution < 1.29 is 14.7 Å². The van der Waals surface area contributed by atoms with Crippen LogP contribution < -0.4 is 10.6 Å². The molecule has 0 saturated carbocycles. The summed E-state index contributed by atoms with van der Waals surface area (Å²) < 4.78 is 0. The van der Waals surface area contributed by atoms with Crippen LogP contribution in [0.25, 0.3) is 0 Å². The lowest BCUT2D eigenvalue weighted by Crippen LogP contribution is -2.43. The number of benzene rings is 3. The van der Waals surface area contributed by atoms with Gasteiger partial charge in [0.2, 0.25) is 0 Å². The van der Waals surface area contributed by atoms with Crippen LogP contribution >= 0.6 is 0 Å². The third kappa shape index (κ3) is 3.48. The van der Waals surface area contributed by atoms with Gasteiger partial charge < -0.3 is 15.7 Å². The first-order valence-corrected chi connectivity index (χ1v) is 10.2. The highest BCUT2D eigenvalue weighted by molar-refractivity contribution is 6.25. The largest absolute Gasteiger partial charge is 0.508 e. The van der Waals surface area contributed by atoms with E-state index in [2.05, 4.69) is 10.6 Å². The SMILES string of the molecule is CC(C)c1ccccc1NC(=O)C1=C(O)C(c2ccccc2)(c2ccccc2)NC1=O. The van der Waals surface area contributed by atoms with Crippen molar-refractivity contribution in [2.45, 2.75) is 25.3 Å². The third-order valence-electron chi connectivity index (χ3n) is 5.59. The lowest BCUT2D eigenvalue weighted by Gasteiger charge is -2.30. The molecule has 0 aromatic heterocycles. The van der Waals surface area contributed by atoms with Crippen molar-refractivity contribution in [3.8, 4) is 0 Å². The van der Waals surface area contributed by atoms with E-state index >= 15 is 0 Å². The smallest absolute Gasteiger partial charge is 0.264 e. The second-order valence-corrected chi connectivity index (χ2v) is 7.86. The Labute approximate surface area is 181 Å². The Bertz CT molecular complexity index is 1110. The molecule has 5 heteroatoms. The van der Waals surface area contributed by atoms with Gasteiger partial charge in [-0.1, -0.05) is 92.7 Å². The van der Waals surface area contributed by atoms with Gasteiger partial charge in [-0.15, -0.1) is 0 Å². The predicted octanol–water partition coefficient (Wildman–Crippen LogP) is 4.63. The maximum atomic E-state index is 13.2. The van der Waals surface area contributed by atoms with Crippen LogP contribution in [-0.2, 0) is 15.1 Å². The summed E-state index contributed by atoms with van der Waals surface area (Å²) in [5, 5.41) is 17.0. The summed E-state index contributed by atoms with van der Waals surface area (Å²) in [4.78, 5) is 26.2. The van der Waals surface area contributed by atoms with Crippen molar-refractivity contribution in [3.63, 3.8) is 0 Å².